The summed E-state index contributed by atoms with van der Waals surface area (Å²) in [6, 6.07) is 17.7. The number of hydrogen-bond acceptors (Lipinski definition) is 5. The number of carbonyl (C=O) groups excluding carboxylic acids is 1. The summed E-state index contributed by atoms with van der Waals surface area (Å²) in [6.45, 7) is 6.50. The lowest BCUT2D eigenvalue weighted by Gasteiger charge is -2.19. The highest BCUT2D eigenvalue weighted by atomic mass is 32.2. The molecule has 0 unspecified atom stereocenters. The van der Waals surface area contributed by atoms with E-state index in [1.165, 1.54) is 17.3 Å². The molecule has 0 atom stereocenters. The third-order valence-electron chi connectivity index (χ3n) is 4.04. The Bertz CT molecular complexity index is 885. The predicted octanol–water partition coefficient (Wildman–Crippen LogP) is 4.08. The molecule has 1 heterocycles. The number of nitrogens with one attached hydrogen (secondary N) is 1. The zero-order valence-corrected chi connectivity index (χ0v) is 16.5. The molecule has 7 heteroatoms. The molecule has 0 radical (unpaired) electrons. The van der Waals surface area contributed by atoms with Gasteiger partial charge in [0.1, 0.15) is 0 Å². The van der Waals surface area contributed by atoms with E-state index in [1.807, 2.05) is 42.5 Å². The number of rotatable bonds is 6. The van der Waals surface area contributed by atoms with Crippen LogP contribution < -0.4 is 5.32 Å². The molecule has 0 spiro atoms. The van der Waals surface area contributed by atoms with Crippen LogP contribution in [0.25, 0.3) is 5.69 Å². The van der Waals surface area contributed by atoms with Gasteiger partial charge in [0.2, 0.25) is 11.1 Å². The first-order valence-electron chi connectivity index (χ1n) is 8.80. The first-order valence-corrected chi connectivity index (χ1v) is 9.79. The van der Waals surface area contributed by atoms with Gasteiger partial charge in [-0.25, -0.2) is 0 Å². The van der Waals surface area contributed by atoms with Gasteiger partial charge in [0.15, 0.2) is 0 Å². The Morgan fingerprint density at radius 3 is 2.44 bits per heavy atom. The highest BCUT2D eigenvalue weighted by Gasteiger charge is 2.13. The molecule has 27 heavy (non-hydrogen) atoms. The Hall–Kier alpha value is -2.67. The second-order valence-electron chi connectivity index (χ2n) is 7.18. The fourth-order valence-electron chi connectivity index (χ4n) is 2.51. The normalized spacial score (nSPS) is 11.4. The van der Waals surface area contributed by atoms with Crippen molar-refractivity contribution in [3.63, 3.8) is 0 Å². The molecule has 3 rings (SSSR count). The van der Waals surface area contributed by atoms with Crippen LogP contribution in [0, 0.1) is 0 Å². The average Bonchev–Trinajstić information content (AvgIpc) is 3.11. The lowest BCUT2D eigenvalue weighted by molar-refractivity contribution is -0.115. The largest absolute Gasteiger partial charge is 0.326 e. The highest BCUT2D eigenvalue weighted by molar-refractivity contribution is 7.99. The van der Waals surface area contributed by atoms with Crippen LogP contribution in [0.1, 0.15) is 32.8 Å². The highest BCUT2D eigenvalue weighted by Crippen LogP contribution is 2.24. The first-order chi connectivity index (χ1) is 12.9. The molecule has 0 saturated heterocycles. The molecular formula is C20H23N5OS. The van der Waals surface area contributed by atoms with E-state index < -0.39 is 0 Å². The Morgan fingerprint density at radius 1 is 1.07 bits per heavy atom. The predicted molar refractivity (Wildman–Crippen MR) is 108 cm³/mol. The van der Waals surface area contributed by atoms with Crippen LogP contribution in [0.4, 0.5) is 5.69 Å². The molecule has 0 bridgehead atoms. The Labute approximate surface area is 163 Å². The Morgan fingerprint density at radius 2 is 1.78 bits per heavy atom. The second-order valence-corrected chi connectivity index (χ2v) is 8.24. The fourth-order valence-corrected chi connectivity index (χ4v) is 3.34. The molecule has 1 N–H and O–H groups in total. The standard InChI is InChI=1S/C20H23N5OS/c1-20(2,3)15-9-11-16(12-10-15)21-18(26)13-14-27-19-22-23-24-25(19)17-7-5-4-6-8-17/h4-12H,13-14H2,1-3H3,(H,21,26). The average molecular weight is 382 g/mol. The van der Waals surface area contributed by atoms with Crippen molar-refractivity contribution in [2.75, 3.05) is 11.1 Å². The molecule has 0 saturated carbocycles. The molecule has 140 valence electrons. The zero-order chi connectivity index (χ0) is 19.3. The Balaban J connectivity index is 1.51. The van der Waals surface area contributed by atoms with Gasteiger partial charge in [0, 0.05) is 17.9 Å². The molecule has 3 aromatic rings. The molecule has 0 aliphatic heterocycles. The third kappa shape index (κ3) is 5.17. The van der Waals surface area contributed by atoms with E-state index in [2.05, 4.69) is 53.7 Å². The fraction of sp³-hybridized carbons (Fsp3) is 0.300. The monoisotopic (exact) mass is 381 g/mol. The lowest BCUT2D eigenvalue weighted by Crippen LogP contribution is -2.14. The lowest BCUT2D eigenvalue weighted by atomic mass is 9.87. The topological polar surface area (TPSA) is 72.7 Å². The van der Waals surface area contributed by atoms with E-state index in [-0.39, 0.29) is 11.3 Å². The van der Waals surface area contributed by atoms with Crippen LogP contribution in [-0.2, 0) is 10.2 Å². The molecule has 2 aromatic carbocycles. The van der Waals surface area contributed by atoms with Crippen molar-refractivity contribution in [2.45, 2.75) is 37.8 Å². The second kappa shape index (κ2) is 8.35. The molecule has 0 aliphatic rings. The number of hydrogen-bond donors (Lipinski definition) is 1. The van der Waals surface area contributed by atoms with Crippen molar-refractivity contribution in [1.29, 1.82) is 0 Å². The SMILES string of the molecule is CC(C)(C)c1ccc(NC(=O)CCSc2nnnn2-c2ccccc2)cc1. The Kier molecular flexibility index (Phi) is 5.91. The van der Waals surface area contributed by atoms with Crippen molar-refractivity contribution < 1.29 is 4.79 Å². The third-order valence-corrected chi connectivity index (χ3v) is 4.96. The van der Waals surface area contributed by atoms with Crippen molar-refractivity contribution >= 4 is 23.4 Å². The van der Waals surface area contributed by atoms with Crippen LogP contribution in [0.15, 0.2) is 59.8 Å². The summed E-state index contributed by atoms with van der Waals surface area (Å²) < 4.78 is 1.67. The summed E-state index contributed by atoms with van der Waals surface area (Å²) in [7, 11) is 0. The van der Waals surface area contributed by atoms with Gasteiger partial charge in [-0.3, -0.25) is 4.79 Å². The summed E-state index contributed by atoms with van der Waals surface area (Å²) in [5.74, 6) is 0.573. The minimum atomic E-state index is -0.0234. The van der Waals surface area contributed by atoms with Gasteiger partial charge in [-0.15, -0.1) is 5.10 Å². The van der Waals surface area contributed by atoms with Crippen LogP contribution in [0.2, 0.25) is 0 Å². The number of tetrazole rings is 1. The molecular weight excluding hydrogens is 358 g/mol. The molecule has 1 amide bonds. The van der Waals surface area contributed by atoms with Crippen molar-refractivity contribution in [3.8, 4) is 5.69 Å². The van der Waals surface area contributed by atoms with Gasteiger partial charge in [-0.05, 0) is 45.7 Å². The maximum absolute atomic E-state index is 12.2. The summed E-state index contributed by atoms with van der Waals surface area (Å²) in [4.78, 5) is 12.2. The molecule has 0 fully saturated rings. The van der Waals surface area contributed by atoms with Gasteiger partial charge in [-0.2, -0.15) is 4.68 Å². The van der Waals surface area contributed by atoms with Crippen LogP contribution in [0.3, 0.4) is 0 Å². The maximum atomic E-state index is 12.2. The number of amides is 1. The number of thioether (sulfide) groups is 1. The van der Waals surface area contributed by atoms with Gasteiger partial charge in [0.25, 0.3) is 0 Å². The van der Waals surface area contributed by atoms with E-state index >= 15 is 0 Å². The first kappa shape index (κ1) is 19.1. The van der Waals surface area contributed by atoms with E-state index in [1.54, 1.807) is 4.68 Å². The van der Waals surface area contributed by atoms with Crippen LogP contribution >= 0.6 is 11.8 Å². The van der Waals surface area contributed by atoms with E-state index in [0.717, 1.165) is 11.4 Å². The summed E-state index contributed by atoms with van der Waals surface area (Å²) >= 11 is 1.46. The molecule has 6 nitrogen and oxygen atoms in total. The minimum Gasteiger partial charge on any atom is -0.326 e. The molecule has 1 aromatic heterocycles. The van der Waals surface area contributed by atoms with Crippen molar-refractivity contribution in [1.82, 2.24) is 20.2 Å². The number of benzene rings is 2. The van der Waals surface area contributed by atoms with Crippen LogP contribution in [-0.4, -0.2) is 31.9 Å². The van der Waals surface area contributed by atoms with Gasteiger partial charge in [-0.1, -0.05) is 62.9 Å². The van der Waals surface area contributed by atoms with Crippen molar-refractivity contribution in [3.05, 3.63) is 60.2 Å². The van der Waals surface area contributed by atoms with Gasteiger partial charge >= 0.3 is 0 Å². The summed E-state index contributed by atoms with van der Waals surface area (Å²) in [5, 5.41) is 15.4. The minimum absolute atomic E-state index is 0.0234. The number of para-hydroxylation sites is 1. The molecule has 0 aliphatic carbocycles. The maximum Gasteiger partial charge on any atom is 0.225 e. The van der Waals surface area contributed by atoms with E-state index in [0.29, 0.717) is 17.3 Å². The number of anilines is 1. The van der Waals surface area contributed by atoms with Gasteiger partial charge < -0.3 is 5.32 Å². The summed E-state index contributed by atoms with van der Waals surface area (Å²) in [5.41, 5.74) is 3.05. The summed E-state index contributed by atoms with van der Waals surface area (Å²) in [6.07, 6.45) is 0.382. The smallest absolute Gasteiger partial charge is 0.225 e. The van der Waals surface area contributed by atoms with Crippen molar-refractivity contribution in [2.24, 2.45) is 0 Å². The van der Waals surface area contributed by atoms with E-state index in [9.17, 15) is 4.79 Å². The number of nitrogens with zero attached hydrogens (tertiary/aromatic N) is 4. The van der Waals surface area contributed by atoms with Crippen LogP contribution in [0.5, 0.6) is 0 Å². The van der Waals surface area contributed by atoms with E-state index in [4.69, 9.17) is 0 Å². The number of carbonyl (C=O) groups is 1. The zero-order valence-electron chi connectivity index (χ0n) is 15.7. The van der Waals surface area contributed by atoms with Gasteiger partial charge in [0.05, 0.1) is 5.69 Å². The number of aromatic nitrogens is 4. The quantitative estimate of drug-likeness (QED) is 0.651.